The summed E-state index contributed by atoms with van der Waals surface area (Å²) in [5, 5.41) is 0. The highest BCUT2D eigenvalue weighted by Gasteiger charge is 2.26. The van der Waals surface area contributed by atoms with Crippen LogP contribution in [-0.2, 0) is 6.42 Å². The molecule has 1 aliphatic rings. The molecule has 1 aliphatic heterocycles. The molecule has 2 aromatic carbocycles. The number of hydrogen-bond donors (Lipinski definition) is 0. The van der Waals surface area contributed by atoms with Crippen molar-refractivity contribution in [2.24, 2.45) is 0 Å². The topological polar surface area (TPSA) is 3.24 Å². The molecule has 0 N–H and O–H groups in total. The van der Waals surface area contributed by atoms with Crippen molar-refractivity contribution in [2.45, 2.75) is 12.5 Å². The molecule has 0 aliphatic carbocycles. The van der Waals surface area contributed by atoms with Gasteiger partial charge in [-0.15, -0.1) is 0 Å². The maximum Gasteiger partial charge on any atom is 0.0753 e. The summed E-state index contributed by atoms with van der Waals surface area (Å²) in [7, 11) is 0. The Bertz CT molecular complexity index is 509. The highest BCUT2D eigenvalue weighted by Crippen LogP contribution is 2.35. The molecule has 2 aromatic rings. The van der Waals surface area contributed by atoms with E-state index < -0.39 is 0 Å². The van der Waals surface area contributed by atoms with Crippen molar-refractivity contribution in [2.75, 3.05) is 6.54 Å². The first-order chi connectivity index (χ1) is 8.36. The summed E-state index contributed by atoms with van der Waals surface area (Å²) < 4.78 is 1.91. The molecule has 0 saturated carbocycles. The second kappa shape index (κ2) is 4.52. The van der Waals surface area contributed by atoms with Gasteiger partial charge < -0.3 is 0 Å². The van der Waals surface area contributed by atoms with Crippen LogP contribution in [0.3, 0.4) is 0 Å². The van der Waals surface area contributed by atoms with Gasteiger partial charge in [0.05, 0.1) is 6.04 Å². The number of nitrogens with zero attached hydrogens (tertiary/aromatic N) is 1. The largest absolute Gasteiger partial charge is 0.208 e. The van der Waals surface area contributed by atoms with Gasteiger partial charge in [-0.05, 0) is 34.9 Å². The first-order valence-electron chi connectivity index (χ1n) is 5.91. The molecule has 0 aromatic heterocycles. The lowest BCUT2D eigenvalue weighted by Gasteiger charge is -2.32. The van der Waals surface area contributed by atoms with Gasteiger partial charge in [0.25, 0.3) is 0 Å². The van der Waals surface area contributed by atoms with Crippen LogP contribution in [0.1, 0.15) is 22.7 Å². The van der Waals surface area contributed by atoms with Crippen LogP contribution in [0.5, 0.6) is 0 Å². The molecule has 1 unspecified atom stereocenters. The highest BCUT2D eigenvalue weighted by molar-refractivity contribution is 6.13. The Hall–Kier alpha value is -1.31. The van der Waals surface area contributed by atoms with Gasteiger partial charge in [0, 0.05) is 6.54 Å². The maximum atomic E-state index is 6.38. The van der Waals surface area contributed by atoms with Gasteiger partial charge in [-0.1, -0.05) is 54.6 Å². The van der Waals surface area contributed by atoms with Crippen LogP contribution in [0.4, 0.5) is 0 Å². The van der Waals surface area contributed by atoms with E-state index >= 15 is 0 Å². The van der Waals surface area contributed by atoms with Gasteiger partial charge >= 0.3 is 0 Å². The fourth-order valence-electron chi connectivity index (χ4n) is 2.51. The highest BCUT2D eigenvalue weighted by atomic mass is 35.5. The molecule has 0 saturated heterocycles. The molecule has 0 radical (unpaired) electrons. The number of benzene rings is 2. The smallest absolute Gasteiger partial charge is 0.0753 e. The van der Waals surface area contributed by atoms with E-state index in [1.54, 1.807) is 0 Å². The minimum atomic E-state index is 0.183. The summed E-state index contributed by atoms with van der Waals surface area (Å²) in [5.74, 6) is 0. The molecule has 0 amide bonds. The van der Waals surface area contributed by atoms with Gasteiger partial charge in [-0.2, -0.15) is 0 Å². The van der Waals surface area contributed by atoms with Crippen molar-refractivity contribution in [1.29, 1.82) is 0 Å². The number of hydrogen-bond acceptors (Lipinski definition) is 1. The van der Waals surface area contributed by atoms with E-state index in [4.69, 9.17) is 11.8 Å². The molecule has 2 heteroatoms. The van der Waals surface area contributed by atoms with Crippen molar-refractivity contribution in [3.63, 3.8) is 0 Å². The van der Waals surface area contributed by atoms with E-state index in [0.717, 1.165) is 13.0 Å². The monoisotopic (exact) mass is 243 g/mol. The molecule has 3 rings (SSSR count). The van der Waals surface area contributed by atoms with E-state index in [1.807, 2.05) is 10.5 Å². The third-order valence-electron chi connectivity index (χ3n) is 3.34. The van der Waals surface area contributed by atoms with Gasteiger partial charge in [-0.3, -0.25) is 0 Å². The first kappa shape index (κ1) is 10.8. The number of fused-ring (bicyclic) bond motifs is 1. The zero-order chi connectivity index (χ0) is 11.7. The van der Waals surface area contributed by atoms with Crippen molar-refractivity contribution in [1.82, 2.24) is 4.42 Å². The second-order valence-corrected chi connectivity index (χ2v) is 4.82. The standard InChI is InChI=1S/C15H14ClN/c16-17-11-10-12-6-4-5-9-14(12)15(17)13-7-2-1-3-8-13/h1-9,15H,10-11H2. The lowest BCUT2D eigenvalue weighted by molar-refractivity contribution is 0.370. The van der Waals surface area contributed by atoms with Crippen molar-refractivity contribution in [3.05, 3.63) is 71.3 Å². The molecule has 1 nitrogen and oxygen atoms in total. The van der Waals surface area contributed by atoms with Crippen LogP contribution in [0, 0.1) is 0 Å². The molecule has 0 spiro atoms. The molecular weight excluding hydrogens is 230 g/mol. The second-order valence-electron chi connectivity index (χ2n) is 4.39. The van der Waals surface area contributed by atoms with E-state index in [-0.39, 0.29) is 6.04 Å². The van der Waals surface area contributed by atoms with Crippen LogP contribution in [0.25, 0.3) is 0 Å². The minimum Gasteiger partial charge on any atom is -0.208 e. The Kier molecular flexibility index (Phi) is 2.87. The SMILES string of the molecule is ClN1CCc2ccccc2C1c1ccccc1. The lowest BCUT2D eigenvalue weighted by Crippen LogP contribution is -2.28. The average Bonchev–Trinajstić information content (AvgIpc) is 2.39. The third-order valence-corrected chi connectivity index (χ3v) is 3.70. The summed E-state index contributed by atoms with van der Waals surface area (Å²) in [6.45, 7) is 0.901. The summed E-state index contributed by atoms with van der Waals surface area (Å²) in [6, 6.07) is 19.2. The minimum absolute atomic E-state index is 0.183. The first-order valence-corrected chi connectivity index (χ1v) is 6.25. The van der Waals surface area contributed by atoms with Crippen LogP contribution < -0.4 is 0 Å². The predicted molar refractivity (Wildman–Crippen MR) is 71.0 cm³/mol. The number of rotatable bonds is 1. The van der Waals surface area contributed by atoms with Crippen LogP contribution in [0.15, 0.2) is 54.6 Å². The summed E-state index contributed by atoms with van der Waals surface area (Å²) in [6.07, 6.45) is 1.03. The Labute approximate surface area is 107 Å². The fourth-order valence-corrected chi connectivity index (χ4v) is 2.81. The van der Waals surface area contributed by atoms with Crippen molar-refractivity contribution < 1.29 is 0 Å². The van der Waals surface area contributed by atoms with Gasteiger partial charge in [0.15, 0.2) is 0 Å². The van der Waals surface area contributed by atoms with Gasteiger partial charge in [0.2, 0.25) is 0 Å². The molecule has 1 heterocycles. The molecule has 0 fully saturated rings. The number of halogens is 1. The zero-order valence-electron chi connectivity index (χ0n) is 9.51. The van der Waals surface area contributed by atoms with Gasteiger partial charge in [-0.25, -0.2) is 4.42 Å². The van der Waals surface area contributed by atoms with Crippen LogP contribution >= 0.6 is 11.8 Å². The van der Waals surface area contributed by atoms with Crippen molar-refractivity contribution in [3.8, 4) is 0 Å². The van der Waals surface area contributed by atoms with E-state index in [0.29, 0.717) is 0 Å². The van der Waals surface area contributed by atoms with E-state index in [9.17, 15) is 0 Å². The zero-order valence-corrected chi connectivity index (χ0v) is 10.3. The Balaban J connectivity index is 2.10. The summed E-state index contributed by atoms with van der Waals surface area (Å²) >= 11 is 6.38. The Morgan fingerprint density at radius 2 is 1.65 bits per heavy atom. The quantitative estimate of drug-likeness (QED) is 0.689. The van der Waals surface area contributed by atoms with Crippen LogP contribution in [0.2, 0.25) is 0 Å². The normalized spacial score (nSPS) is 19.9. The maximum absolute atomic E-state index is 6.38. The summed E-state index contributed by atoms with van der Waals surface area (Å²) in [4.78, 5) is 0. The molecule has 1 atom stereocenters. The lowest BCUT2D eigenvalue weighted by atomic mass is 9.90. The van der Waals surface area contributed by atoms with E-state index in [2.05, 4.69) is 48.5 Å². The van der Waals surface area contributed by atoms with E-state index in [1.165, 1.54) is 16.7 Å². The summed E-state index contributed by atoms with van der Waals surface area (Å²) in [5.41, 5.74) is 4.01. The third kappa shape index (κ3) is 1.97. The predicted octanol–water partition coefficient (Wildman–Crippen LogP) is 3.79. The Morgan fingerprint density at radius 1 is 0.941 bits per heavy atom. The molecule has 0 bridgehead atoms. The Morgan fingerprint density at radius 3 is 2.47 bits per heavy atom. The van der Waals surface area contributed by atoms with Crippen molar-refractivity contribution >= 4 is 11.8 Å². The fraction of sp³-hybridized carbons (Fsp3) is 0.200. The average molecular weight is 244 g/mol. The van der Waals surface area contributed by atoms with Gasteiger partial charge in [0.1, 0.15) is 0 Å². The molecular formula is C15H14ClN. The molecule has 17 heavy (non-hydrogen) atoms. The molecule has 86 valence electrons. The van der Waals surface area contributed by atoms with Crippen LogP contribution in [-0.4, -0.2) is 11.0 Å².